The van der Waals surface area contributed by atoms with Crippen LogP contribution in [0.4, 0.5) is 11.8 Å². The van der Waals surface area contributed by atoms with E-state index in [1.54, 1.807) is 0 Å². The van der Waals surface area contributed by atoms with Gasteiger partial charge in [-0.15, -0.1) is 0 Å². The molecule has 3 aromatic rings. The van der Waals surface area contributed by atoms with Gasteiger partial charge in [-0.05, 0) is 50.7 Å². The van der Waals surface area contributed by atoms with E-state index in [2.05, 4.69) is 24.8 Å². The van der Waals surface area contributed by atoms with Crippen molar-refractivity contribution in [3.8, 4) is 11.6 Å². The lowest BCUT2D eigenvalue weighted by Gasteiger charge is -2.32. The quantitative estimate of drug-likeness (QED) is 0.629. The molecule has 9 nitrogen and oxygen atoms in total. The minimum Gasteiger partial charge on any atom is -0.469 e. The highest BCUT2D eigenvalue weighted by atomic mass is 16.5. The Hall–Kier alpha value is -3.10. The second-order valence-electron chi connectivity index (χ2n) is 7.61. The number of aromatic nitrogens is 4. The first-order valence-corrected chi connectivity index (χ1v) is 9.87. The van der Waals surface area contributed by atoms with E-state index in [0.29, 0.717) is 40.9 Å². The van der Waals surface area contributed by atoms with Crippen LogP contribution in [0, 0.1) is 19.8 Å². The predicted molar refractivity (Wildman–Crippen MR) is 109 cm³/mol. The van der Waals surface area contributed by atoms with E-state index < -0.39 is 0 Å². The summed E-state index contributed by atoms with van der Waals surface area (Å²) in [4.78, 5) is 30.5. The first-order chi connectivity index (χ1) is 13.9. The third kappa shape index (κ3) is 3.90. The molecule has 154 valence electrons. The van der Waals surface area contributed by atoms with Gasteiger partial charge in [0.1, 0.15) is 11.3 Å². The lowest BCUT2D eigenvalue weighted by atomic mass is 9.93. The van der Waals surface area contributed by atoms with E-state index in [1.165, 1.54) is 7.11 Å². The van der Waals surface area contributed by atoms with E-state index in [1.807, 2.05) is 19.9 Å². The number of esters is 1. The number of anilines is 2. The van der Waals surface area contributed by atoms with Crippen LogP contribution < -0.4 is 10.6 Å². The summed E-state index contributed by atoms with van der Waals surface area (Å²) in [6.45, 7) is 5.60. The zero-order valence-electron chi connectivity index (χ0n) is 17.0. The van der Waals surface area contributed by atoms with Crippen LogP contribution in [0.25, 0.3) is 22.7 Å². The molecule has 0 amide bonds. The van der Waals surface area contributed by atoms with Crippen molar-refractivity contribution >= 4 is 28.9 Å². The van der Waals surface area contributed by atoms with E-state index in [9.17, 15) is 4.79 Å². The molecular weight excluding hydrogens is 372 g/mol. The fourth-order valence-corrected chi connectivity index (χ4v) is 3.77. The van der Waals surface area contributed by atoms with Crippen LogP contribution in [0.1, 0.15) is 37.0 Å². The number of methoxy groups -OCH3 is 1. The minimum atomic E-state index is -0.162. The van der Waals surface area contributed by atoms with Gasteiger partial charge in [-0.1, -0.05) is 0 Å². The number of carbonyl (C=O) groups excluding carboxylic acids is 1. The van der Waals surface area contributed by atoms with Gasteiger partial charge in [0.05, 0.1) is 7.11 Å². The molecule has 4 heterocycles. The average molecular weight is 398 g/mol. The number of aryl methyl sites for hydroxylation is 2. The molecule has 1 fully saturated rings. The van der Waals surface area contributed by atoms with Crippen LogP contribution in [0.3, 0.4) is 0 Å². The van der Waals surface area contributed by atoms with Gasteiger partial charge in [0.15, 0.2) is 23.0 Å². The third-order valence-electron chi connectivity index (χ3n) is 5.56. The number of nitrogen functional groups attached to an aromatic ring is 1. The summed E-state index contributed by atoms with van der Waals surface area (Å²) in [5, 5.41) is 0. The normalized spacial score (nSPS) is 17.1. The number of piperidine rings is 1. The van der Waals surface area contributed by atoms with E-state index in [0.717, 1.165) is 49.6 Å². The van der Waals surface area contributed by atoms with Crippen molar-refractivity contribution in [3.63, 3.8) is 0 Å². The van der Waals surface area contributed by atoms with Crippen molar-refractivity contribution in [2.45, 2.75) is 39.5 Å². The Morgan fingerprint density at radius 1 is 1.38 bits per heavy atom. The molecule has 0 radical (unpaired) electrons. The van der Waals surface area contributed by atoms with E-state index in [-0.39, 0.29) is 5.97 Å². The number of nitrogens with zero attached hydrogens (tertiary/aromatic N) is 4. The Morgan fingerprint density at radius 2 is 2.21 bits per heavy atom. The molecule has 3 aromatic heterocycles. The summed E-state index contributed by atoms with van der Waals surface area (Å²) in [6, 6.07) is 1.90. The first-order valence-electron chi connectivity index (χ1n) is 9.87. The zero-order chi connectivity index (χ0) is 20.5. The predicted octanol–water partition coefficient (Wildman–Crippen LogP) is 2.98. The molecule has 0 spiro atoms. The molecular formula is C20H26N6O3. The van der Waals surface area contributed by atoms with Gasteiger partial charge in [-0.25, -0.2) is 9.97 Å². The maximum absolute atomic E-state index is 11.4. The van der Waals surface area contributed by atoms with Gasteiger partial charge in [0.2, 0.25) is 5.95 Å². The summed E-state index contributed by atoms with van der Waals surface area (Å²) in [6.07, 6.45) is 3.39. The van der Waals surface area contributed by atoms with Crippen molar-refractivity contribution in [1.29, 1.82) is 0 Å². The van der Waals surface area contributed by atoms with Crippen molar-refractivity contribution in [3.05, 3.63) is 17.4 Å². The van der Waals surface area contributed by atoms with Gasteiger partial charge in [0.25, 0.3) is 0 Å². The number of imidazole rings is 1. The van der Waals surface area contributed by atoms with Crippen LogP contribution in [0.5, 0.6) is 0 Å². The summed E-state index contributed by atoms with van der Waals surface area (Å²) in [5.74, 6) is 3.17. The van der Waals surface area contributed by atoms with Gasteiger partial charge < -0.3 is 24.8 Å². The molecule has 0 aliphatic carbocycles. The van der Waals surface area contributed by atoms with Crippen LogP contribution in [-0.4, -0.2) is 46.1 Å². The Balaban J connectivity index is 1.57. The molecule has 0 aromatic carbocycles. The molecule has 3 N–H and O–H groups in total. The van der Waals surface area contributed by atoms with Gasteiger partial charge in [-0.2, -0.15) is 4.98 Å². The maximum Gasteiger partial charge on any atom is 0.305 e. The summed E-state index contributed by atoms with van der Waals surface area (Å²) in [5.41, 5.74) is 8.35. The molecule has 1 aliphatic rings. The highest BCUT2D eigenvalue weighted by Crippen LogP contribution is 2.29. The fraction of sp³-hybridized carbons (Fsp3) is 0.500. The summed E-state index contributed by atoms with van der Waals surface area (Å²) >= 11 is 0. The standard InChI is InChI=1S/C20H26N6O3/c1-11-9-14(29-12(11)2)18-23-17(21)16-19(24-18)25-20(22-16)26-8-4-5-13(10-26)6-7-15(27)28-3/h9,13H,4-8,10H2,1-3H3,(H3,21,22,23,24,25). The number of fused-ring (bicyclic) bond motifs is 1. The highest BCUT2D eigenvalue weighted by molar-refractivity contribution is 5.85. The zero-order valence-corrected chi connectivity index (χ0v) is 17.0. The number of rotatable bonds is 5. The number of H-pyrrole nitrogens is 1. The van der Waals surface area contributed by atoms with Crippen LogP contribution in [-0.2, 0) is 9.53 Å². The molecule has 0 bridgehead atoms. The monoisotopic (exact) mass is 398 g/mol. The van der Waals surface area contributed by atoms with Crippen LogP contribution >= 0.6 is 0 Å². The Kier molecular flexibility index (Phi) is 5.12. The topological polar surface area (TPSA) is 123 Å². The van der Waals surface area contributed by atoms with Crippen LogP contribution in [0.15, 0.2) is 10.5 Å². The number of furan rings is 1. The lowest BCUT2D eigenvalue weighted by molar-refractivity contribution is -0.140. The Bertz CT molecular complexity index is 1020. The lowest BCUT2D eigenvalue weighted by Crippen LogP contribution is -2.36. The van der Waals surface area contributed by atoms with E-state index in [4.69, 9.17) is 14.9 Å². The molecule has 4 rings (SSSR count). The number of carbonyl (C=O) groups is 1. The fourth-order valence-electron chi connectivity index (χ4n) is 3.77. The molecule has 1 aliphatic heterocycles. The number of hydrogen-bond donors (Lipinski definition) is 2. The van der Waals surface area contributed by atoms with Crippen molar-refractivity contribution in [1.82, 2.24) is 19.9 Å². The van der Waals surface area contributed by atoms with E-state index >= 15 is 0 Å². The van der Waals surface area contributed by atoms with Crippen LogP contribution in [0.2, 0.25) is 0 Å². The first kappa shape index (κ1) is 19.2. The van der Waals surface area contributed by atoms with Crippen molar-refractivity contribution in [2.75, 3.05) is 30.8 Å². The molecule has 29 heavy (non-hydrogen) atoms. The van der Waals surface area contributed by atoms with Gasteiger partial charge in [-0.3, -0.25) is 4.79 Å². The average Bonchev–Trinajstić information content (AvgIpc) is 3.30. The summed E-state index contributed by atoms with van der Waals surface area (Å²) < 4.78 is 10.5. The molecule has 1 unspecified atom stereocenters. The Labute approximate surface area is 168 Å². The molecule has 0 saturated carbocycles. The number of aromatic amines is 1. The largest absolute Gasteiger partial charge is 0.469 e. The molecule has 1 saturated heterocycles. The molecule has 1 atom stereocenters. The van der Waals surface area contributed by atoms with Crippen molar-refractivity contribution in [2.24, 2.45) is 5.92 Å². The highest BCUT2D eigenvalue weighted by Gasteiger charge is 2.24. The minimum absolute atomic E-state index is 0.162. The third-order valence-corrected chi connectivity index (χ3v) is 5.56. The number of ether oxygens (including phenoxy) is 1. The smallest absolute Gasteiger partial charge is 0.305 e. The Morgan fingerprint density at radius 3 is 2.93 bits per heavy atom. The second kappa shape index (κ2) is 7.73. The van der Waals surface area contributed by atoms with Gasteiger partial charge >= 0.3 is 5.97 Å². The maximum atomic E-state index is 11.4. The number of nitrogens with two attached hydrogens (primary N) is 1. The van der Waals surface area contributed by atoms with Crippen molar-refractivity contribution < 1.29 is 13.9 Å². The number of nitrogens with one attached hydrogen (secondary N) is 1. The number of hydrogen-bond acceptors (Lipinski definition) is 8. The second-order valence-corrected chi connectivity index (χ2v) is 7.61. The SMILES string of the molecule is COC(=O)CCC1CCCN(c2nc3nc(-c4cc(C)c(C)o4)nc(N)c3[nH]2)C1. The molecule has 9 heteroatoms. The summed E-state index contributed by atoms with van der Waals surface area (Å²) in [7, 11) is 1.43. The van der Waals surface area contributed by atoms with Gasteiger partial charge in [0, 0.05) is 19.5 Å².